The summed E-state index contributed by atoms with van der Waals surface area (Å²) in [4.78, 5) is 0. The highest BCUT2D eigenvalue weighted by molar-refractivity contribution is 5.03. The molecule has 2 bridgehead atoms. The normalized spacial score (nSPS) is 42.9. The molecule has 0 heterocycles. The average Bonchev–Trinajstić information content (AvgIpc) is 2.19. The van der Waals surface area contributed by atoms with Crippen LogP contribution in [-0.4, -0.2) is 18.9 Å². The quantitative estimate of drug-likeness (QED) is 0.642. The van der Waals surface area contributed by atoms with Gasteiger partial charge in [0.15, 0.2) is 0 Å². The monoisotopic (exact) mass is 208 g/mol. The third kappa shape index (κ3) is 1.27. The molecule has 0 saturated heterocycles. The average molecular weight is 208 g/mol. The molecule has 3 rings (SSSR count). The van der Waals surface area contributed by atoms with Crippen LogP contribution in [0.2, 0.25) is 0 Å². The zero-order chi connectivity index (χ0) is 10.4. The van der Waals surface area contributed by atoms with Gasteiger partial charge in [-0.25, -0.2) is 0 Å². The number of rotatable bonds is 1. The van der Waals surface area contributed by atoms with Crippen molar-refractivity contribution in [1.82, 2.24) is 0 Å². The van der Waals surface area contributed by atoms with Gasteiger partial charge in [-0.3, -0.25) is 0 Å². The van der Waals surface area contributed by atoms with Gasteiger partial charge in [0, 0.05) is 7.11 Å². The molecule has 0 amide bonds. The van der Waals surface area contributed by atoms with Crippen LogP contribution in [0.4, 0.5) is 13.2 Å². The summed E-state index contributed by atoms with van der Waals surface area (Å²) in [6.07, 6.45) is -1.54. The van der Waals surface area contributed by atoms with Crippen LogP contribution >= 0.6 is 0 Å². The lowest BCUT2D eigenvalue weighted by Crippen LogP contribution is -2.53. The summed E-state index contributed by atoms with van der Waals surface area (Å²) in [6, 6.07) is 0. The summed E-state index contributed by atoms with van der Waals surface area (Å²) in [6.45, 7) is 0. The number of hydrogen-bond acceptors (Lipinski definition) is 1. The first kappa shape index (κ1) is 10.3. The molecule has 0 aliphatic heterocycles. The molecule has 0 aromatic rings. The van der Waals surface area contributed by atoms with Crippen molar-refractivity contribution in [3.63, 3.8) is 0 Å². The van der Waals surface area contributed by atoms with Gasteiger partial charge in [-0.2, -0.15) is 13.2 Å². The molecule has 0 atom stereocenters. The second kappa shape index (κ2) is 2.87. The van der Waals surface area contributed by atoms with Crippen LogP contribution in [0.15, 0.2) is 0 Å². The Morgan fingerprint density at radius 2 is 1.36 bits per heavy atom. The molecule has 0 N–H and O–H groups in total. The van der Waals surface area contributed by atoms with E-state index in [0.29, 0.717) is 19.3 Å². The Labute approximate surface area is 81.6 Å². The van der Waals surface area contributed by atoms with E-state index in [9.17, 15) is 13.2 Å². The number of alkyl halides is 3. The zero-order valence-electron chi connectivity index (χ0n) is 8.28. The van der Waals surface area contributed by atoms with Gasteiger partial charge < -0.3 is 4.74 Å². The Morgan fingerprint density at radius 3 is 1.64 bits per heavy atom. The smallest absolute Gasteiger partial charge is 0.378 e. The predicted octanol–water partition coefficient (Wildman–Crippen LogP) is 3.29. The Bertz CT molecular complexity index is 209. The third-order valence-corrected chi connectivity index (χ3v) is 4.21. The van der Waals surface area contributed by atoms with E-state index in [0.717, 1.165) is 0 Å². The molecule has 3 aliphatic carbocycles. The lowest BCUT2D eigenvalue weighted by molar-refractivity contribution is -0.270. The molecule has 0 radical (unpaired) electrons. The summed E-state index contributed by atoms with van der Waals surface area (Å²) in [5.41, 5.74) is -1.61. The number of halogens is 3. The molecule has 0 unspecified atom stereocenters. The van der Waals surface area contributed by atoms with Crippen molar-refractivity contribution < 1.29 is 17.9 Å². The number of methoxy groups -OCH3 is 1. The molecule has 3 aliphatic rings. The van der Waals surface area contributed by atoms with E-state index in [1.165, 1.54) is 0 Å². The molecule has 4 heteroatoms. The van der Waals surface area contributed by atoms with Gasteiger partial charge in [0.1, 0.15) is 0 Å². The topological polar surface area (TPSA) is 9.23 Å². The number of hydrogen-bond donors (Lipinski definition) is 0. The Hall–Kier alpha value is -0.250. The van der Waals surface area contributed by atoms with Crippen molar-refractivity contribution in [3.05, 3.63) is 0 Å². The van der Waals surface area contributed by atoms with Crippen molar-refractivity contribution in [2.45, 2.75) is 50.3 Å². The van der Waals surface area contributed by atoms with E-state index < -0.39 is 11.6 Å². The van der Waals surface area contributed by atoms with Crippen LogP contribution < -0.4 is 0 Å². The highest BCUT2D eigenvalue weighted by Gasteiger charge is 2.61. The summed E-state index contributed by atoms with van der Waals surface area (Å²) in [5.74, 6) is 0. The number of fused-ring (bicyclic) bond motifs is 3. The standard InChI is InChI=1S/C10H15F3O/c1-14-9-5-2-8(3-6-9,4-7-9)10(11,12)13/h2-7H2,1H3. The van der Waals surface area contributed by atoms with E-state index in [2.05, 4.69) is 0 Å². The fraction of sp³-hybridized carbons (Fsp3) is 1.00. The van der Waals surface area contributed by atoms with Gasteiger partial charge in [-0.15, -0.1) is 0 Å². The second-order valence-corrected chi connectivity index (χ2v) is 4.67. The van der Waals surface area contributed by atoms with Crippen LogP contribution in [0, 0.1) is 5.41 Å². The summed E-state index contributed by atoms with van der Waals surface area (Å²) < 4.78 is 43.8. The molecule has 14 heavy (non-hydrogen) atoms. The zero-order valence-corrected chi connectivity index (χ0v) is 8.28. The highest BCUT2D eigenvalue weighted by Crippen LogP contribution is 2.60. The van der Waals surface area contributed by atoms with E-state index >= 15 is 0 Å². The Morgan fingerprint density at radius 1 is 0.929 bits per heavy atom. The van der Waals surface area contributed by atoms with Gasteiger partial charge >= 0.3 is 6.18 Å². The van der Waals surface area contributed by atoms with Gasteiger partial charge in [-0.05, 0) is 38.5 Å². The van der Waals surface area contributed by atoms with Crippen molar-refractivity contribution in [2.24, 2.45) is 5.41 Å². The fourth-order valence-electron chi connectivity index (χ4n) is 2.88. The van der Waals surface area contributed by atoms with Crippen LogP contribution in [0.3, 0.4) is 0 Å². The van der Waals surface area contributed by atoms with Gasteiger partial charge in [0.05, 0.1) is 11.0 Å². The summed E-state index contributed by atoms with van der Waals surface area (Å²) >= 11 is 0. The SMILES string of the molecule is COC12CCC(C(F)(F)F)(CC1)CC2. The van der Waals surface area contributed by atoms with Crippen LogP contribution in [0.1, 0.15) is 38.5 Å². The van der Waals surface area contributed by atoms with Crippen LogP contribution in [0.25, 0.3) is 0 Å². The molecule has 3 saturated carbocycles. The second-order valence-electron chi connectivity index (χ2n) is 4.67. The first-order valence-electron chi connectivity index (χ1n) is 5.05. The van der Waals surface area contributed by atoms with E-state index in [1.54, 1.807) is 7.11 Å². The molecule has 1 nitrogen and oxygen atoms in total. The predicted molar refractivity (Wildman–Crippen MR) is 45.9 cm³/mol. The lowest BCUT2D eigenvalue weighted by atomic mass is 9.58. The summed E-state index contributed by atoms with van der Waals surface area (Å²) in [5, 5.41) is 0. The number of ether oxygens (including phenoxy) is 1. The fourth-order valence-corrected chi connectivity index (χ4v) is 2.88. The van der Waals surface area contributed by atoms with Crippen molar-refractivity contribution >= 4 is 0 Å². The van der Waals surface area contributed by atoms with Gasteiger partial charge in [-0.1, -0.05) is 0 Å². The minimum atomic E-state index is -4.02. The largest absolute Gasteiger partial charge is 0.394 e. The van der Waals surface area contributed by atoms with Gasteiger partial charge in [0.2, 0.25) is 0 Å². The Kier molecular flexibility index (Phi) is 2.11. The molecule has 0 aromatic heterocycles. The maximum Gasteiger partial charge on any atom is 0.394 e. The molecular weight excluding hydrogens is 193 g/mol. The van der Waals surface area contributed by atoms with E-state index in [1.807, 2.05) is 0 Å². The molecule has 0 spiro atoms. The maximum absolute atomic E-state index is 12.8. The van der Waals surface area contributed by atoms with Crippen molar-refractivity contribution in [3.8, 4) is 0 Å². The van der Waals surface area contributed by atoms with E-state index in [4.69, 9.17) is 4.74 Å². The molecule has 3 fully saturated rings. The van der Waals surface area contributed by atoms with E-state index in [-0.39, 0.29) is 24.9 Å². The first-order chi connectivity index (χ1) is 6.43. The maximum atomic E-state index is 12.8. The van der Waals surface area contributed by atoms with Gasteiger partial charge in [0.25, 0.3) is 0 Å². The first-order valence-corrected chi connectivity index (χ1v) is 5.05. The minimum absolute atomic E-state index is 0.229. The minimum Gasteiger partial charge on any atom is -0.378 e. The molecule has 0 aromatic carbocycles. The lowest BCUT2D eigenvalue weighted by Gasteiger charge is -2.52. The van der Waals surface area contributed by atoms with Crippen molar-refractivity contribution in [2.75, 3.05) is 7.11 Å². The highest BCUT2D eigenvalue weighted by atomic mass is 19.4. The molecule has 82 valence electrons. The summed E-state index contributed by atoms with van der Waals surface area (Å²) in [7, 11) is 1.62. The van der Waals surface area contributed by atoms with Crippen LogP contribution in [-0.2, 0) is 4.74 Å². The van der Waals surface area contributed by atoms with Crippen molar-refractivity contribution in [1.29, 1.82) is 0 Å². The third-order valence-electron chi connectivity index (χ3n) is 4.21. The molecular formula is C10H15F3O. The van der Waals surface area contributed by atoms with Crippen LogP contribution in [0.5, 0.6) is 0 Å². The Balaban J connectivity index is 2.17.